The van der Waals surface area contributed by atoms with Crippen LogP contribution in [0.5, 0.6) is 0 Å². The molecule has 62 valence electrons. The van der Waals surface area contributed by atoms with E-state index in [-0.39, 0.29) is 0 Å². The average Bonchev–Trinajstić information content (AvgIpc) is 2.07. The fourth-order valence-corrected chi connectivity index (χ4v) is 1.32. The van der Waals surface area contributed by atoms with Crippen molar-refractivity contribution in [1.82, 2.24) is 4.90 Å². The first-order valence-corrected chi connectivity index (χ1v) is 4.75. The normalized spacial score (nSPS) is 15.9. The van der Waals surface area contributed by atoms with E-state index in [1.165, 1.54) is 19.4 Å². The number of hydrogen-bond acceptors (Lipinski definition) is 2. The summed E-state index contributed by atoms with van der Waals surface area (Å²) in [6.45, 7) is 2.24. The average molecular weight is 169 g/mol. The van der Waals surface area contributed by atoms with Crippen LogP contribution < -0.4 is 0 Å². The van der Waals surface area contributed by atoms with Crippen LogP contribution in [0.4, 0.5) is 0 Å². The smallest absolute Gasteiger partial charge is 0.0357 e. The number of unbranched alkanes of at least 4 members (excludes halogenated alkanes) is 1. The van der Waals surface area contributed by atoms with E-state index in [9.17, 15) is 0 Å². The van der Waals surface area contributed by atoms with Gasteiger partial charge in [-0.15, -0.1) is 0 Å². The van der Waals surface area contributed by atoms with Gasteiger partial charge in [0.1, 0.15) is 0 Å². The lowest BCUT2D eigenvalue weighted by Gasteiger charge is -2.19. The van der Waals surface area contributed by atoms with Crippen molar-refractivity contribution in [1.29, 1.82) is 0 Å². The zero-order valence-electron chi connectivity index (χ0n) is 6.74. The summed E-state index contributed by atoms with van der Waals surface area (Å²) >= 11 is 4.17. The molecule has 1 heterocycles. The van der Waals surface area contributed by atoms with E-state index in [1.807, 2.05) is 0 Å². The molecule has 1 nitrogen and oxygen atoms in total. The number of nitrogens with zero attached hydrogens (tertiary/aromatic N) is 1. The fraction of sp³-hybridized carbons (Fsp3) is 0.556. The van der Waals surface area contributed by atoms with Crippen LogP contribution in [0.2, 0.25) is 0 Å². The van der Waals surface area contributed by atoms with Crippen molar-refractivity contribution < 1.29 is 0 Å². The standard InChI is InChI=1S/C9H15NS/c11-9-5-4-8-10-6-2-1-3-7-10/h1-3,6,11H,4-5,7-9H2. The Kier molecular flexibility index (Phi) is 4.21. The lowest BCUT2D eigenvalue weighted by atomic mass is 10.3. The Labute approximate surface area is 74.2 Å². The summed E-state index contributed by atoms with van der Waals surface area (Å²) in [5.74, 6) is 1.01. The second-order valence-electron chi connectivity index (χ2n) is 2.70. The van der Waals surface area contributed by atoms with Gasteiger partial charge in [0.05, 0.1) is 0 Å². The molecule has 0 fully saturated rings. The van der Waals surface area contributed by atoms with Crippen LogP contribution in [-0.4, -0.2) is 23.7 Å². The van der Waals surface area contributed by atoms with Crippen molar-refractivity contribution in [2.75, 3.05) is 18.8 Å². The minimum absolute atomic E-state index is 1.01. The Morgan fingerprint density at radius 3 is 2.82 bits per heavy atom. The van der Waals surface area contributed by atoms with Crippen molar-refractivity contribution in [3.63, 3.8) is 0 Å². The topological polar surface area (TPSA) is 3.24 Å². The van der Waals surface area contributed by atoms with Gasteiger partial charge in [0.2, 0.25) is 0 Å². The lowest BCUT2D eigenvalue weighted by molar-refractivity contribution is 0.401. The van der Waals surface area contributed by atoms with Crippen molar-refractivity contribution in [2.24, 2.45) is 0 Å². The quantitative estimate of drug-likeness (QED) is 0.498. The zero-order chi connectivity index (χ0) is 7.94. The highest BCUT2D eigenvalue weighted by atomic mass is 32.1. The molecule has 1 aliphatic heterocycles. The molecule has 0 aromatic rings. The summed E-state index contributed by atoms with van der Waals surface area (Å²) in [4.78, 5) is 2.32. The van der Waals surface area contributed by atoms with Crippen LogP contribution in [0.1, 0.15) is 12.8 Å². The predicted molar refractivity (Wildman–Crippen MR) is 52.9 cm³/mol. The number of hydrogen-bond donors (Lipinski definition) is 1. The SMILES string of the molecule is SCCCCN1C=CC=CC1. The molecule has 1 aliphatic rings. The fourth-order valence-electron chi connectivity index (χ4n) is 1.10. The van der Waals surface area contributed by atoms with Crippen molar-refractivity contribution in [2.45, 2.75) is 12.8 Å². The molecule has 11 heavy (non-hydrogen) atoms. The Morgan fingerprint density at radius 1 is 1.27 bits per heavy atom. The Hall–Kier alpha value is -0.370. The lowest BCUT2D eigenvalue weighted by Crippen LogP contribution is -2.19. The summed E-state index contributed by atoms with van der Waals surface area (Å²) in [5.41, 5.74) is 0. The maximum atomic E-state index is 4.17. The molecule has 0 aromatic carbocycles. The zero-order valence-corrected chi connectivity index (χ0v) is 7.63. The molecule has 0 radical (unpaired) electrons. The molecule has 1 rings (SSSR count). The predicted octanol–water partition coefficient (Wildman–Crippen LogP) is 2.08. The largest absolute Gasteiger partial charge is 0.374 e. The first kappa shape index (κ1) is 8.72. The molecule has 0 aromatic heterocycles. The summed E-state index contributed by atoms with van der Waals surface area (Å²) in [7, 11) is 0. The van der Waals surface area contributed by atoms with Gasteiger partial charge in [-0.1, -0.05) is 12.2 Å². The van der Waals surface area contributed by atoms with Gasteiger partial charge in [-0.05, 0) is 30.9 Å². The minimum atomic E-state index is 1.01. The molecular weight excluding hydrogens is 154 g/mol. The van der Waals surface area contributed by atoms with E-state index in [1.54, 1.807) is 0 Å². The second-order valence-corrected chi connectivity index (χ2v) is 3.14. The highest BCUT2D eigenvalue weighted by Crippen LogP contribution is 2.01. The molecule has 2 heteroatoms. The third kappa shape index (κ3) is 3.51. The molecule has 0 saturated carbocycles. The summed E-state index contributed by atoms with van der Waals surface area (Å²) < 4.78 is 0. The Balaban J connectivity index is 2.07. The second kappa shape index (κ2) is 5.30. The molecule has 0 bridgehead atoms. The van der Waals surface area contributed by atoms with Crippen molar-refractivity contribution >= 4 is 12.6 Å². The third-order valence-corrected chi connectivity index (χ3v) is 2.05. The van der Waals surface area contributed by atoms with Crippen LogP contribution in [0.25, 0.3) is 0 Å². The third-order valence-electron chi connectivity index (χ3n) is 1.74. The van der Waals surface area contributed by atoms with E-state index in [4.69, 9.17) is 0 Å². The van der Waals surface area contributed by atoms with E-state index in [0.29, 0.717) is 0 Å². The highest BCUT2D eigenvalue weighted by Gasteiger charge is 1.97. The van der Waals surface area contributed by atoms with E-state index in [2.05, 4.69) is 42.0 Å². The maximum absolute atomic E-state index is 4.17. The molecule has 0 atom stereocenters. The minimum Gasteiger partial charge on any atom is -0.374 e. The number of allylic oxidation sites excluding steroid dienone is 2. The van der Waals surface area contributed by atoms with E-state index in [0.717, 1.165) is 12.3 Å². The van der Waals surface area contributed by atoms with Gasteiger partial charge in [-0.25, -0.2) is 0 Å². The molecule has 0 unspecified atom stereocenters. The van der Waals surface area contributed by atoms with Crippen molar-refractivity contribution in [3.8, 4) is 0 Å². The summed E-state index contributed by atoms with van der Waals surface area (Å²) in [5, 5.41) is 0. The van der Waals surface area contributed by atoms with Gasteiger partial charge >= 0.3 is 0 Å². The van der Waals surface area contributed by atoms with Crippen molar-refractivity contribution in [3.05, 3.63) is 24.4 Å². The molecule has 0 saturated heterocycles. The number of rotatable bonds is 4. The van der Waals surface area contributed by atoms with Gasteiger partial charge in [-0.3, -0.25) is 0 Å². The maximum Gasteiger partial charge on any atom is 0.0357 e. The molecule has 0 amide bonds. The highest BCUT2D eigenvalue weighted by molar-refractivity contribution is 7.80. The molecule has 0 N–H and O–H groups in total. The Morgan fingerprint density at radius 2 is 2.18 bits per heavy atom. The molecule has 0 spiro atoms. The van der Waals surface area contributed by atoms with Crippen LogP contribution in [0.3, 0.4) is 0 Å². The molecule has 0 aliphatic carbocycles. The van der Waals surface area contributed by atoms with Crippen LogP contribution >= 0.6 is 12.6 Å². The van der Waals surface area contributed by atoms with Crippen LogP contribution in [0, 0.1) is 0 Å². The van der Waals surface area contributed by atoms with Gasteiger partial charge < -0.3 is 4.90 Å². The first-order chi connectivity index (χ1) is 5.43. The first-order valence-electron chi connectivity index (χ1n) is 4.12. The van der Waals surface area contributed by atoms with Gasteiger partial charge in [-0.2, -0.15) is 12.6 Å². The van der Waals surface area contributed by atoms with Gasteiger partial charge in [0, 0.05) is 13.1 Å². The van der Waals surface area contributed by atoms with E-state index >= 15 is 0 Å². The monoisotopic (exact) mass is 169 g/mol. The Bertz CT molecular complexity index is 152. The van der Waals surface area contributed by atoms with Gasteiger partial charge in [0.25, 0.3) is 0 Å². The van der Waals surface area contributed by atoms with Crippen LogP contribution in [0.15, 0.2) is 24.4 Å². The molecular formula is C9H15NS. The summed E-state index contributed by atoms with van der Waals surface area (Å²) in [6.07, 6.45) is 11.0. The van der Waals surface area contributed by atoms with Gasteiger partial charge in [0.15, 0.2) is 0 Å². The van der Waals surface area contributed by atoms with E-state index < -0.39 is 0 Å². The van der Waals surface area contributed by atoms with Crippen LogP contribution in [-0.2, 0) is 0 Å². The summed E-state index contributed by atoms with van der Waals surface area (Å²) in [6, 6.07) is 0. The number of thiol groups is 1.